The zero-order valence-electron chi connectivity index (χ0n) is 16.9. The Morgan fingerprint density at radius 2 is 2.00 bits per heavy atom. The highest BCUT2D eigenvalue weighted by atomic mass is 16.5. The van der Waals surface area contributed by atoms with Crippen molar-refractivity contribution in [1.82, 2.24) is 5.32 Å². The van der Waals surface area contributed by atoms with Crippen molar-refractivity contribution in [2.45, 2.75) is 52.2 Å². The molecule has 5 atom stereocenters. The zero-order chi connectivity index (χ0) is 19.7. The molecule has 2 aromatic carbocycles. The molecule has 1 amide bonds. The van der Waals surface area contributed by atoms with E-state index in [1.54, 1.807) is 13.0 Å². The Bertz CT molecular complexity index is 952. The van der Waals surface area contributed by atoms with Gasteiger partial charge in [0.25, 0.3) is 0 Å². The first-order valence-electron chi connectivity index (χ1n) is 10.4. The average molecular weight is 380 g/mol. The highest BCUT2D eigenvalue weighted by Gasteiger charge is 2.68. The van der Waals surface area contributed by atoms with E-state index in [0.717, 1.165) is 35.6 Å². The Hall–Kier alpha value is -2.07. The summed E-state index contributed by atoms with van der Waals surface area (Å²) in [5.74, 6) is 1.25. The van der Waals surface area contributed by atoms with Crippen LogP contribution in [0.25, 0.3) is 10.8 Å². The quantitative estimate of drug-likeness (QED) is 0.804. The molecule has 4 nitrogen and oxygen atoms in total. The fraction of sp³-hybridized carbons (Fsp3) is 0.542. The molecule has 2 aliphatic carbocycles. The molecule has 2 saturated carbocycles. The van der Waals surface area contributed by atoms with Crippen LogP contribution in [0.5, 0.6) is 5.75 Å². The predicted molar refractivity (Wildman–Crippen MR) is 109 cm³/mol. The molecule has 1 aliphatic heterocycles. The number of carbonyl (C=O) groups excluding carboxylic acids is 1. The van der Waals surface area contributed by atoms with Gasteiger partial charge in [-0.25, -0.2) is 0 Å². The summed E-state index contributed by atoms with van der Waals surface area (Å²) in [7, 11) is 0. The number of nitrogens with one attached hydrogen (secondary N) is 1. The average Bonchev–Trinajstić information content (AvgIpc) is 3.14. The second-order valence-corrected chi connectivity index (χ2v) is 9.69. The van der Waals surface area contributed by atoms with Gasteiger partial charge in [-0.15, -0.1) is 0 Å². The van der Waals surface area contributed by atoms with E-state index < -0.39 is 0 Å². The summed E-state index contributed by atoms with van der Waals surface area (Å²) in [5, 5.41) is 16.3. The lowest BCUT2D eigenvalue weighted by Gasteiger charge is -2.53. The first kappa shape index (κ1) is 18.0. The Kier molecular flexibility index (Phi) is 3.83. The van der Waals surface area contributed by atoms with Crippen LogP contribution in [0, 0.1) is 22.7 Å². The van der Waals surface area contributed by atoms with Crippen molar-refractivity contribution < 1.29 is 14.6 Å². The number of ether oxygens (including phenoxy) is 1. The van der Waals surface area contributed by atoms with Gasteiger partial charge >= 0.3 is 0 Å². The number of phenolic OH excluding ortho intramolecular Hbond substituents is 1. The van der Waals surface area contributed by atoms with E-state index in [9.17, 15) is 9.90 Å². The molecule has 1 heterocycles. The summed E-state index contributed by atoms with van der Waals surface area (Å²) in [5.41, 5.74) is 1.06. The van der Waals surface area contributed by atoms with Crippen LogP contribution in [0.1, 0.15) is 51.7 Å². The van der Waals surface area contributed by atoms with Crippen molar-refractivity contribution in [2.75, 3.05) is 6.61 Å². The molecule has 2 aromatic rings. The second-order valence-electron chi connectivity index (χ2n) is 9.69. The van der Waals surface area contributed by atoms with Crippen LogP contribution in [-0.2, 0) is 9.53 Å². The SMILES string of the molecule is CC(=O)N[C@H]1C(C)(C)[C@@H]2C[C@@H]3[C@@H](c4c(O)ccc5ccccc45)OCCC31C2. The Labute approximate surface area is 166 Å². The molecule has 3 aliphatic rings. The van der Waals surface area contributed by atoms with Crippen LogP contribution in [0.4, 0.5) is 0 Å². The molecular formula is C24H29NO3. The highest BCUT2D eigenvalue weighted by Crippen LogP contribution is 2.71. The maximum atomic E-state index is 12.0. The van der Waals surface area contributed by atoms with Crippen molar-refractivity contribution in [3.05, 3.63) is 42.0 Å². The monoisotopic (exact) mass is 379 g/mol. The van der Waals surface area contributed by atoms with E-state index in [1.165, 1.54) is 0 Å². The van der Waals surface area contributed by atoms with Crippen LogP contribution in [0.3, 0.4) is 0 Å². The summed E-state index contributed by atoms with van der Waals surface area (Å²) >= 11 is 0. The van der Waals surface area contributed by atoms with E-state index in [1.807, 2.05) is 18.2 Å². The lowest BCUT2D eigenvalue weighted by molar-refractivity contribution is -0.136. The van der Waals surface area contributed by atoms with Crippen molar-refractivity contribution in [3.63, 3.8) is 0 Å². The first-order chi connectivity index (χ1) is 13.3. The number of fused-ring (bicyclic) bond motifs is 2. The minimum absolute atomic E-state index is 0.0478. The Balaban J connectivity index is 1.62. The first-order valence-corrected chi connectivity index (χ1v) is 10.4. The van der Waals surface area contributed by atoms with Crippen LogP contribution in [-0.4, -0.2) is 23.7 Å². The third-order valence-electron chi connectivity index (χ3n) is 8.08. The molecule has 0 radical (unpaired) electrons. The van der Waals surface area contributed by atoms with Gasteiger partial charge in [0, 0.05) is 25.1 Å². The van der Waals surface area contributed by atoms with Crippen molar-refractivity contribution in [1.29, 1.82) is 0 Å². The number of carbonyl (C=O) groups is 1. The molecule has 1 saturated heterocycles. The summed E-state index contributed by atoms with van der Waals surface area (Å²) < 4.78 is 6.36. The van der Waals surface area contributed by atoms with Gasteiger partial charge in [0.05, 0.1) is 6.10 Å². The summed E-state index contributed by atoms with van der Waals surface area (Å²) in [6.45, 7) is 6.91. The van der Waals surface area contributed by atoms with E-state index in [2.05, 4.69) is 31.3 Å². The Morgan fingerprint density at radius 3 is 2.79 bits per heavy atom. The third kappa shape index (κ3) is 2.30. The molecule has 4 heteroatoms. The molecule has 1 unspecified atom stereocenters. The number of hydrogen-bond donors (Lipinski definition) is 2. The number of hydrogen-bond acceptors (Lipinski definition) is 3. The van der Waals surface area contributed by atoms with Gasteiger partial charge in [-0.05, 0) is 58.8 Å². The van der Waals surface area contributed by atoms with Crippen molar-refractivity contribution in [3.8, 4) is 5.75 Å². The molecule has 148 valence electrons. The molecule has 1 spiro atoms. The van der Waals surface area contributed by atoms with E-state index in [0.29, 0.717) is 24.2 Å². The van der Waals surface area contributed by atoms with Crippen LogP contribution in [0.2, 0.25) is 0 Å². The van der Waals surface area contributed by atoms with Crippen LogP contribution < -0.4 is 5.32 Å². The molecule has 2 N–H and O–H groups in total. The Morgan fingerprint density at radius 1 is 1.21 bits per heavy atom. The second kappa shape index (κ2) is 5.96. The highest BCUT2D eigenvalue weighted by molar-refractivity contribution is 5.88. The lowest BCUT2D eigenvalue weighted by Crippen LogP contribution is -2.58. The maximum Gasteiger partial charge on any atom is 0.217 e. The van der Waals surface area contributed by atoms with E-state index in [-0.39, 0.29) is 28.9 Å². The number of aromatic hydroxyl groups is 1. The fourth-order valence-electron chi connectivity index (χ4n) is 6.86. The van der Waals surface area contributed by atoms with Gasteiger partial charge in [0.2, 0.25) is 5.91 Å². The van der Waals surface area contributed by atoms with Gasteiger partial charge in [0.15, 0.2) is 0 Å². The van der Waals surface area contributed by atoms with Crippen LogP contribution >= 0.6 is 0 Å². The van der Waals surface area contributed by atoms with E-state index >= 15 is 0 Å². The van der Waals surface area contributed by atoms with Gasteiger partial charge in [-0.1, -0.05) is 44.2 Å². The number of rotatable bonds is 2. The lowest BCUT2D eigenvalue weighted by atomic mass is 9.58. The predicted octanol–water partition coefficient (Wildman–Crippen LogP) is 4.56. The zero-order valence-corrected chi connectivity index (χ0v) is 16.9. The molecular weight excluding hydrogens is 350 g/mol. The van der Waals surface area contributed by atoms with Gasteiger partial charge in [-0.3, -0.25) is 4.79 Å². The summed E-state index contributed by atoms with van der Waals surface area (Å²) in [6, 6.07) is 12.1. The van der Waals surface area contributed by atoms with Gasteiger partial charge in [-0.2, -0.15) is 0 Å². The number of benzene rings is 2. The molecule has 28 heavy (non-hydrogen) atoms. The summed E-state index contributed by atoms with van der Waals surface area (Å²) in [6.07, 6.45) is 3.08. The van der Waals surface area contributed by atoms with Gasteiger partial charge in [0.1, 0.15) is 5.75 Å². The normalized spacial score (nSPS) is 35.7. The largest absolute Gasteiger partial charge is 0.508 e. The standard InChI is InChI=1S/C24H29NO3/c1-14(26)25-22-23(2,3)16-12-18-21(28-11-10-24(18,22)13-16)20-17-7-5-4-6-15(17)8-9-19(20)27/h4-9,16,18,21-22,27H,10-13H2,1-3H3,(H,25,26)/t16-,18-,21+,22+,24?/m1/s1. The molecule has 5 rings (SSSR count). The third-order valence-corrected chi connectivity index (χ3v) is 8.08. The van der Waals surface area contributed by atoms with Gasteiger partial charge < -0.3 is 15.2 Å². The number of phenols is 1. The minimum Gasteiger partial charge on any atom is -0.508 e. The number of amides is 1. The summed E-state index contributed by atoms with van der Waals surface area (Å²) in [4.78, 5) is 12.0. The molecule has 2 bridgehead atoms. The van der Waals surface area contributed by atoms with Crippen LogP contribution in [0.15, 0.2) is 36.4 Å². The minimum atomic E-state index is -0.128. The molecule has 0 aromatic heterocycles. The topological polar surface area (TPSA) is 58.6 Å². The van der Waals surface area contributed by atoms with E-state index in [4.69, 9.17) is 4.74 Å². The smallest absolute Gasteiger partial charge is 0.217 e. The molecule has 3 fully saturated rings. The fourth-order valence-corrected chi connectivity index (χ4v) is 6.86. The van der Waals surface area contributed by atoms with Crippen molar-refractivity contribution in [2.24, 2.45) is 22.7 Å². The van der Waals surface area contributed by atoms with Crippen molar-refractivity contribution >= 4 is 16.7 Å². The maximum absolute atomic E-state index is 12.0.